The van der Waals surface area contributed by atoms with Crippen molar-refractivity contribution < 1.29 is 4.92 Å². The van der Waals surface area contributed by atoms with Gasteiger partial charge in [-0.1, -0.05) is 23.8 Å². The Morgan fingerprint density at radius 3 is 2.67 bits per heavy atom. The predicted molar refractivity (Wildman–Crippen MR) is 84.2 cm³/mol. The Morgan fingerprint density at radius 1 is 1.33 bits per heavy atom. The summed E-state index contributed by atoms with van der Waals surface area (Å²) in [5.74, 6) is 0. The normalized spacial score (nSPS) is 22.2. The summed E-state index contributed by atoms with van der Waals surface area (Å²) in [6.45, 7) is 5.80. The molecule has 0 aliphatic carbocycles. The van der Waals surface area contributed by atoms with E-state index in [4.69, 9.17) is 11.6 Å². The van der Waals surface area contributed by atoms with Gasteiger partial charge in [0.1, 0.15) is 0 Å². The average molecular weight is 308 g/mol. The first-order valence-corrected chi connectivity index (χ1v) is 7.52. The van der Waals surface area contributed by atoms with E-state index in [-0.39, 0.29) is 5.69 Å². The highest BCUT2D eigenvalue weighted by Gasteiger charge is 2.30. The van der Waals surface area contributed by atoms with Crippen LogP contribution in [0.15, 0.2) is 24.3 Å². The van der Waals surface area contributed by atoms with Gasteiger partial charge in [-0.2, -0.15) is 0 Å². The molecular weight excluding hydrogens is 290 g/mol. The van der Waals surface area contributed by atoms with Crippen molar-refractivity contribution in [3.05, 3.63) is 45.0 Å². The number of halogens is 1. The molecule has 3 rings (SSSR count). The molecule has 112 valence electrons. The van der Waals surface area contributed by atoms with Gasteiger partial charge in [0.05, 0.1) is 15.6 Å². The zero-order valence-corrected chi connectivity index (χ0v) is 12.7. The van der Waals surface area contributed by atoms with Gasteiger partial charge >= 0.3 is 0 Å². The van der Waals surface area contributed by atoms with Crippen LogP contribution in [-0.2, 0) is 0 Å². The number of nitro groups is 1. The second-order valence-electron chi connectivity index (χ2n) is 5.66. The molecule has 21 heavy (non-hydrogen) atoms. The van der Waals surface area contributed by atoms with Gasteiger partial charge in [-0.3, -0.25) is 15.0 Å². The molecule has 1 saturated heterocycles. The highest BCUT2D eigenvalue weighted by atomic mass is 35.5. The predicted octanol–water partition coefficient (Wildman–Crippen LogP) is 3.01. The van der Waals surface area contributed by atoms with E-state index in [9.17, 15) is 10.1 Å². The Balaban J connectivity index is 1.80. The lowest BCUT2D eigenvalue weighted by Gasteiger charge is -2.26. The van der Waals surface area contributed by atoms with Gasteiger partial charge in [0.15, 0.2) is 0 Å². The Labute approximate surface area is 128 Å². The summed E-state index contributed by atoms with van der Waals surface area (Å²) < 4.78 is 0. The minimum atomic E-state index is -0.397. The maximum Gasteiger partial charge on any atom is 0.271 e. The first-order valence-electron chi connectivity index (χ1n) is 7.15. The van der Waals surface area contributed by atoms with Crippen molar-refractivity contribution in [2.75, 3.05) is 31.1 Å². The van der Waals surface area contributed by atoms with Crippen LogP contribution in [0.1, 0.15) is 12.0 Å². The lowest BCUT2D eigenvalue weighted by molar-refractivity contribution is -0.384. The van der Waals surface area contributed by atoms with Crippen LogP contribution in [0.5, 0.6) is 0 Å². The summed E-state index contributed by atoms with van der Waals surface area (Å²) in [7, 11) is 0. The number of anilines is 1. The molecule has 1 unspecified atom stereocenters. The largest absolute Gasteiger partial charge is 0.368 e. The number of benzene rings is 1. The van der Waals surface area contributed by atoms with Crippen LogP contribution in [0.3, 0.4) is 0 Å². The molecule has 5 nitrogen and oxygen atoms in total. The fraction of sp³-hybridized carbons (Fsp3) is 0.467. The molecule has 0 bridgehead atoms. The minimum absolute atomic E-state index is 0.0562. The fourth-order valence-corrected chi connectivity index (χ4v) is 3.64. The van der Waals surface area contributed by atoms with E-state index in [0.717, 1.165) is 43.9 Å². The van der Waals surface area contributed by atoms with E-state index in [1.807, 2.05) is 6.92 Å². The Kier molecular flexibility index (Phi) is 3.87. The molecule has 1 aromatic rings. The second kappa shape index (κ2) is 5.66. The van der Waals surface area contributed by atoms with Crippen molar-refractivity contribution >= 4 is 23.0 Å². The summed E-state index contributed by atoms with van der Waals surface area (Å²) in [4.78, 5) is 15.2. The molecule has 2 heterocycles. The van der Waals surface area contributed by atoms with Crippen molar-refractivity contribution in [3.8, 4) is 0 Å². The maximum absolute atomic E-state index is 10.9. The van der Waals surface area contributed by atoms with E-state index >= 15 is 0 Å². The first kappa shape index (κ1) is 14.4. The van der Waals surface area contributed by atoms with E-state index in [2.05, 4.69) is 22.0 Å². The third kappa shape index (κ3) is 2.76. The highest BCUT2D eigenvalue weighted by molar-refractivity contribution is 6.33. The molecule has 1 fully saturated rings. The topological polar surface area (TPSA) is 49.6 Å². The molecular formula is C15H18ClN3O2. The van der Waals surface area contributed by atoms with E-state index in [0.29, 0.717) is 11.1 Å². The molecule has 0 spiro atoms. The maximum atomic E-state index is 10.9. The average Bonchev–Trinajstić information content (AvgIpc) is 3.08. The SMILES string of the molecule is Cc1cc([N+](=O)[O-])cc(Cl)c1N1CCC(N2CC=CC2)C1. The Morgan fingerprint density at radius 2 is 2.05 bits per heavy atom. The second-order valence-corrected chi connectivity index (χ2v) is 6.07. The summed E-state index contributed by atoms with van der Waals surface area (Å²) in [5.41, 5.74) is 1.87. The summed E-state index contributed by atoms with van der Waals surface area (Å²) in [6, 6.07) is 3.59. The van der Waals surface area contributed by atoms with Gasteiger partial charge in [0.25, 0.3) is 5.69 Å². The lowest BCUT2D eigenvalue weighted by atomic mass is 10.1. The molecule has 0 amide bonds. The van der Waals surface area contributed by atoms with Crippen molar-refractivity contribution in [1.29, 1.82) is 0 Å². The number of nitrogens with zero attached hydrogens (tertiary/aromatic N) is 3. The van der Waals surface area contributed by atoms with E-state index < -0.39 is 4.92 Å². The molecule has 0 radical (unpaired) electrons. The monoisotopic (exact) mass is 307 g/mol. The minimum Gasteiger partial charge on any atom is -0.368 e. The van der Waals surface area contributed by atoms with Crippen molar-refractivity contribution in [2.24, 2.45) is 0 Å². The van der Waals surface area contributed by atoms with Crippen LogP contribution in [-0.4, -0.2) is 42.0 Å². The van der Waals surface area contributed by atoms with Crippen LogP contribution in [0.2, 0.25) is 5.02 Å². The van der Waals surface area contributed by atoms with Crippen LogP contribution >= 0.6 is 11.6 Å². The first-order chi connectivity index (χ1) is 10.1. The number of nitro benzene ring substituents is 1. The van der Waals surface area contributed by atoms with Gasteiger partial charge in [-0.25, -0.2) is 0 Å². The lowest BCUT2D eigenvalue weighted by Crippen LogP contribution is -2.35. The fourth-order valence-electron chi connectivity index (χ4n) is 3.26. The summed E-state index contributed by atoms with van der Waals surface area (Å²) in [6.07, 6.45) is 5.51. The van der Waals surface area contributed by atoms with Gasteiger partial charge in [-0.15, -0.1) is 0 Å². The van der Waals surface area contributed by atoms with Gasteiger partial charge in [0, 0.05) is 44.4 Å². The number of aryl methyl sites for hydroxylation is 1. The summed E-state index contributed by atoms with van der Waals surface area (Å²) >= 11 is 6.29. The number of hydrogen-bond acceptors (Lipinski definition) is 4. The van der Waals surface area contributed by atoms with Gasteiger partial charge in [0.2, 0.25) is 0 Å². The molecule has 2 aliphatic heterocycles. The van der Waals surface area contributed by atoms with Crippen LogP contribution in [0.25, 0.3) is 0 Å². The van der Waals surface area contributed by atoms with Crippen LogP contribution in [0, 0.1) is 17.0 Å². The number of rotatable bonds is 3. The zero-order chi connectivity index (χ0) is 15.0. The summed E-state index contributed by atoms with van der Waals surface area (Å²) in [5, 5.41) is 11.4. The third-order valence-electron chi connectivity index (χ3n) is 4.29. The highest BCUT2D eigenvalue weighted by Crippen LogP contribution is 2.36. The van der Waals surface area contributed by atoms with Crippen molar-refractivity contribution in [1.82, 2.24) is 4.90 Å². The van der Waals surface area contributed by atoms with E-state index in [1.54, 1.807) is 6.07 Å². The number of hydrogen-bond donors (Lipinski definition) is 0. The van der Waals surface area contributed by atoms with Crippen LogP contribution < -0.4 is 4.90 Å². The molecule has 0 saturated carbocycles. The smallest absolute Gasteiger partial charge is 0.271 e. The molecule has 0 N–H and O–H groups in total. The molecule has 1 aromatic carbocycles. The molecule has 1 atom stereocenters. The van der Waals surface area contributed by atoms with Crippen LogP contribution in [0.4, 0.5) is 11.4 Å². The van der Waals surface area contributed by atoms with Crippen molar-refractivity contribution in [2.45, 2.75) is 19.4 Å². The van der Waals surface area contributed by atoms with E-state index in [1.165, 1.54) is 6.07 Å². The van der Waals surface area contributed by atoms with Gasteiger partial charge < -0.3 is 4.90 Å². The zero-order valence-electron chi connectivity index (χ0n) is 12.0. The Hall–Kier alpha value is -1.59. The van der Waals surface area contributed by atoms with Gasteiger partial charge in [-0.05, 0) is 18.9 Å². The third-order valence-corrected chi connectivity index (χ3v) is 4.58. The number of non-ortho nitro benzene ring substituents is 1. The quantitative estimate of drug-likeness (QED) is 0.489. The molecule has 6 heteroatoms. The molecule has 0 aromatic heterocycles. The Bertz CT molecular complexity index is 572. The van der Waals surface area contributed by atoms with Crippen molar-refractivity contribution in [3.63, 3.8) is 0 Å². The molecule has 2 aliphatic rings. The standard InChI is InChI=1S/C15H18ClN3O2/c1-11-8-13(19(20)21)9-14(16)15(11)18-7-4-12(10-18)17-5-2-3-6-17/h2-3,8-9,12H,4-7,10H2,1H3.